The molecule has 0 saturated heterocycles. The van der Waals surface area contributed by atoms with Crippen LogP contribution in [-0.4, -0.2) is 15.4 Å². The molecule has 0 atom stereocenters. The van der Waals surface area contributed by atoms with E-state index in [9.17, 15) is 17.6 Å². The highest BCUT2D eigenvalue weighted by Crippen LogP contribution is 2.31. The fourth-order valence-electron chi connectivity index (χ4n) is 2.25. The van der Waals surface area contributed by atoms with Crippen LogP contribution in [0.25, 0.3) is 11.3 Å². The maximum atomic E-state index is 14.6. The van der Waals surface area contributed by atoms with Gasteiger partial charge in [-0.1, -0.05) is 23.4 Å². The van der Waals surface area contributed by atoms with E-state index in [2.05, 4.69) is 15.4 Å². The first kappa shape index (κ1) is 17.4. The van der Waals surface area contributed by atoms with Crippen molar-refractivity contribution in [2.24, 2.45) is 0 Å². The number of aromatic nitrogens is 3. The first-order chi connectivity index (χ1) is 12.4. The topological polar surface area (TPSA) is 74.6 Å². The first-order valence-electron chi connectivity index (χ1n) is 7.29. The van der Waals surface area contributed by atoms with Crippen LogP contribution in [0, 0.1) is 17.1 Å². The molecular weight excluding hydrogens is 352 g/mol. The highest BCUT2D eigenvalue weighted by atomic mass is 19.4. The van der Waals surface area contributed by atoms with Crippen LogP contribution in [0.5, 0.6) is 5.75 Å². The van der Waals surface area contributed by atoms with Gasteiger partial charge in [0, 0.05) is 5.56 Å². The maximum absolute atomic E-state index is 14.6. The van der Waals surface area contributed by atoms with Gasteiger partial charge in [-0.25, -0.2) is 9.49 Å². The van der Waals surface area contributed by atoms with E-state index in [4.69, 9.17) is 10.00 Å². The van der Waals surface area contributed by atoms with Crippen molar-refractivity contribution in [3.05, 3.63) is 65.1 Å². The summed E-state index contributed by atoms with van der Waals surface area (Å²) in [5.41, 5.74) is -0.250. The zero-order valence-electron chi connectivity index (χ0n) is 13.0. The molecule has 0 radical (unpaired) electrons. The van der Waals surface area contributed by atoms with E-state index in [1.807, 2.05) is 6.07 Å². The van der Waals surface area contributed by atoms with Gasteiger partial charge >= 0.3 is 6.18 Å². The summed E-state index contributed by atoms with van der Waals surface area (Å²) in [5.74, 6) is -0.862. The second-order valence-electron chi connectivity index (χ2n) is 5.25. The Kier molecular flexibility index (Phi) is 4.58. The Hall–Kier alpha value is -3.41. The number of benzene rings is 2. The molecular formula is C17H10F4N4O. The van der Waals surface area contributed by atoms with Crippen molar-refractivity contribution in [1.82, 2.24) is 15.4 Å². The average molecular weight is 362 g/mol. The van der Waals surface area contributed by atoms with Gasteiger partial charge in [-0.3, -0.25) is 0 Å². The number of nitrogens with zero attached hydrogens (tertiary/aromatic N) is 3. The maximum Gasteiger partial charge on any atom is 0.416 e. The molecule has 1 heterocycles. The number of aromatic amines is 1. The number of rotatable bonds is 4. The Labute approximate surface area is 144 Å². The second-order valence-corrected chi connectivity index (χ2v) is 5.25. The molecule has 2 aromatic carbocycles. The Morgan fingerprint density at radius 2 is 1.85 bits per heavy atom. The molecule has 132 valence electrons. The molecule has 0 bridgehead atoms. The average Bonchev–Trinajstić information content (AvgIpc) is 3.09. The molecule has 0 aliphatic carbocycles. The summed E-state index contributed by atoms with van der Waals surface area (Å²) >= 11 is 0. The summed E-state index contributed by atoms with van der Waals surface area (Å²) in [5, 5.41) is 18.5. The van der Waals surface area contributed by atoms with E-state index >= 15 is 0 Å². The molecule has 0 unspecified atom stereocenters. The fraction of sp³-hybridized carbons (Fsp3) is 0.118. The summed E-state index contributed by atoms with van der Waals surface area (Å²) in [6, 6.07) is 10.5. The number of nitrogens with one attached hydrogen (secondary N) is 1. The molecule has 1 aromatic heterocycles. The summed E-state index contributed by atoms with van der Waals surface area (Å²) in [6.07, 6.45) is -4.42. The highest BCUT2D eigenvalue weighted by molar-refractivity contribution is 5.66. The SMILES string of the molecule is N#Cc1[nH]nnc1-c1cccc(OCc2ccc(C(F)(F)F)cc2)c1F. The van der Waals surface area contributed by atoms with Crippen molar-refractivity contribution in [3.63, 3.8) is 0 Å². The number of hydrogen-bond donors (Lipinski definition) is 1. The Morgan fingerprint density at radius 1 is 1.12 bits per heavy atom. The van der Waals surface area contributed by atoms with Gasteiger partial charge in [-0.2, -0.15) is 18.4 Å². The van der Waals surface area contributed by atoms with E-state index in [-0.39, 0.29) is 29.3 Å². The Balaban J connectivity index is 1.79. The van der Waals surface area contributed by atoms with Crippen LogP contribution in [0.4, 0.5) is 17.6 Å². The third kappa shape index (κ3) is 3.49. The van der Waals surface area contributed by atoms with Crippen LogP contribution in [0.3, 0.4) is 0 Å². The molecule has 5 nitrogen and oxygen atoms in total. The lowest BCUT2D eigenvalue weighted by atomic mass is 10.1. The lowest BCUT2D eigenvalue weighted by molar-refractivity contribution is -0.137. The predicted octanol–water partition coefficient (Wildman–Crippen LogP) is 4.08. The number of halogens is 4. The molecule has 0 amide bonds. The van der Waals surface area contributed by atoms with Gasteiger partial charge in [0.15, 0.2) is 17.3 Å². The van der Waals surface area contributed by atoms with Crippen molar-refractivity contribution in [2.45, 2.75) is 12.8 Å². The van der Waals surface area contributed by atoms with Crippen LogP contribution in [0.1, 0.15) is 16.8 Å². The van der Waals surface area contributed by atoms with Gasteiger partial charge in [0.2, 0.25) is 0 Å². The zero-order valence-corrected chi connectivity index (χ0v) is 13.0. The molecule has 1 N–H and O–H groups in total. The summed E-state index contributed by atoms with van der Waals surface area (Å²) in [4.78, 5) is 0. The van der Waals surface area contributed by atoms with E-state index in [1.54, 1.807) is 0 Å². The molecule has 0 saturated carbocycles. The van der Waals surface area contributed by atoms with Gasteiger partial charge in [0.05, 0.1) is 5.56 Å². The van der Waals surface area contributed by atoms with Crippen molar-refractivity contribution < 1.29 is 22.3 Å². The van der Waals surface area contributed by atoms with Gasteiger partial charge in [0.25, 0.3) is 0 Å². The van der Waals surface area contributed by atoms with E-state index in [1.165, 1.54) is 30.3 Å². The molecule has 0 fully saturated rings. The quantitative estimate of drug-likeness (QED) is 0.710. The zero-order chi connectivity index (χ0) is 18.7. The number of H-pyrrole nitrogens is 1. The van der Waals surface area contributed by atoms with Crippen molar-refractivity contribution in [3.8, 4) is 23.1 Å². The summed E-state index contributed by atoms with van der Waals surface area (Å²) in [6.45, 7) is -0.123. The van der Waals surface area contributed by atoms with Crippen molar-refractivity contribution >= 4 is 0 Å². The number of alkyl halides is 3. The van der Waals surface area contributed by atoms with E-state index in [0.717, 1.165) is 12.1 Å². The predicted molar refractivity (Wildman–Crippen MR) is 82.3 cm³/mol. The lowest BCUT2D eigenvalue weighted by Crippen LogP contribution is -2.05. The smallest absolute Gasteiger partial charge is 0.416 e. The van der Waals surface area contributed by atoms with Gasteiger partial charge < -0.3 is 4.74 Å². The second kappa shape index (κ2) is 6.84. The molecule has 26 heavy (non-hydrogen) atoms. The number of hydrogen-bond acceptors (Lipinski definition) is 4. The van der Waals surface area contributed by atoms with Crippen LogP contribution in [0.15, 0.2) is 42.5 Å². The summed E-state index contributed by atoms with van der Waals surface area (Å²) < 4.78 is 57.6. The molecule has 0 aliphatic heterocycles. The Morgan fingerprint density at radius 3 is 2.50 bits per heavy atom. The van der Waals surface area contributed by atoms with Crippen LogP contribution < -0.4 is 4.74 Å². The lowest BCUT2D eigenvalue weighted by Gasteiger charge is -2.11. The molecule has 0 spiro atoms. The van der Waals surface area contributed by atoms with Crippen LogP contribution in [-0.2, 0) is 12.8 Å². The van der Waals surface area contributed by atoms with E-state index in [0.29, 0.717) is 5.56 Å². The standard InChI is InChI=1S/C17H10F4N4O/c18-15-12(16-13(8-22)23-25-24-16)2-1-3-14(15)26-9-10-4-6-11(7-5-10)17(19,20)21/h1-7H,9H2,(H,23,24,25). The minimum atomic E-state index is -4.42. The largest absolute Gasteiger partial charge is 0.486 e. The molecule has 9 heteroatoms. The van der Waals surface area contributed by atoms with E-state index < -0.39 is 17.6 Å². The summed E-state index contributed by atoms with van der Waals surface area (Å²) in [7, 11) is 0. The Bertz CT molecular complexity index is 958. The van der Waals surface area contributed by atoms with Gasteiger partial charge in [-0.15, -0.1) is 5.10 Å². The van der Waals surface area contributed by atoms with Crippen molar-refractivity contribution in [1.29, 1.82) is 5.26 Å². The normalized spacial score (nSPS) is 11.2. The fourth-order valence-corrected chi connectivity index (χ4v) is 2.25. The van der Waals surface area contributed by atoms with Crippen molar-refractivity contribution in [2.75, 3.05) is 0 Å². The third-order valence-corrected chi connectivity index (χ3v) is 3.55. The highest BCUT2D eigenvalue weighted by Gasteiger charge is 2.29. The number of nitriles is 1. The monoisotopic (exact) mass is 362 g/mol. The third-order valence-electron chi connectivity index (χ3n) is 3.55. The van der Waals surface area contributed by atoms with Crippen LogP contribution >= 0.6 is 0 Å². The first-order valence-corrected chi connectivity index (χ1v) is 7.29. The minimum Gasteiger partial charge on any atom is -0.486 e. The molecule has 0 aliphatic rings. The van der Waals surface area contributed by atoms with Crippen LogP contribution in [0.2, 0.25) is 0 Å². The van der Waals surface area contributed by atoms with Gasteiger partial charge in [0.1, 0.15) is 18.4 Å². The van der Waals surface area contributed by atoms with Gasteiger partial charge in [-0.05, 0) is 29.8 Å². The molecule has 3 rings (SSSR count). The number of ether oxygens (including phenoxy) is 1. The minimum absolute atomic E-state index is 0.00351. The molecule has 3 aromatic rings.